The van der Waals surface area contributed by atoms with Gasteiger partial charge in [0.05, 0.1) is 0 Å². The van der Waals surface area contributed by atoms with Gasteiger partial charge in [0.15, 0.2) is 0 Å². The van der Waals surface area contributed by atoms with Gasteiger partial charge in [0.2, 0.25) is 0 Å². The molecule has 100 valence electrons. The maximum atomic E-state index is 3.19. The molecule has 1 atom stereocenters. The average molecular weight is 264 g/mol. The highest BCUT2D eigenvalue weighted by atomic mass is 32.2. The summed E-state index contributed by atoms with van der Waals surface area (Å²) in [5.74, 6) is 2.63. The van der Waals surface area contributed by atoms with Gasteiger partial charge in [-0.2, -0.15) is 11.8 Å². The molecule has 1 fully saturated rings. The monoisotopic (exact) mass is 264 g/mol. The zero-order valence-corrected chi connectivity index (χ0v) is 12.3. The summed E-state index contributed by atoms with van der Waals surface area (Å²) in [5.41, 5.74) is 2.86. The number of likely N-dealkylation sites (N-methyl/N-ethyl adjacent to an activating group) is 1. The topological polar surface area (TPSA) is 15.3 Å². The van der Waals surface area contributed by atoms with Gasteiger partial charge in [0.1, 0.15) is 0 Å². The van der Waals surface area contributed by atoms with Crippen LogP contribution in [0.25, 0.3) is 0 Å². The zero-order valence-electron chi connectivity index (χ0n) is 11.5. The maximum Gasteiger partial charge on any atom is 0.0233 e. The summed E-state index contributed by atoms with van der Waals surface area (Å²) in [6.07, 6.45) is 2.47. The smallest absolute Gasteiger partial charge is 0.0233 e. The van der Waals surface area contributed by atoms with Crippen LogP contribution in [0.1, 0.15) is 17.5 Å². The molecule has 18 heavy (non-hydrogen) atoms. The van der Waals surface area contributed by atoms with Crippen molar-refractivity contribution < 1.29 is 0 Å². The third-order valence-electron chi connectivity index (χ3n) is 3.65. The fraction of sp³-hybridized carbons (Fsp3) is 0.600. The normalized spacial score (nSPS) is 19.6. The van der Waals surface area contributed by atoms with E-state index in [0.29, 0.717) is 0 Å². The summed E-state index contributed by atoms with van der Waals surface area (Å²) < 4.78 is 0. The fourth-order valence-corrected chi connectivity index (χ4v) is 3.67. The van der Waals surface area contributed by atoms with Gasteiger partial charge in [0.25, 0.3) is 0 Å². The van der Waals surface area contributed by atoms with Crippen molar-refractivity contribution in [1.82, 2.24) is 10.2 Å². The SMILES string of the molecule is CNCCc1ccc(CN(C)C2CCSC2)cc1. The molecule has 1 heterocycles. The molecule has 0 aromatic heterocycles. The fourth-order valence-electron chi connectivity index (χ4n) is 2.37. The highest BCUT2D eigenvalue weighted by molar-refractivity contribution is 7.99. The Bertz CT molecular complexity index is 344. The highest BCUT2D eigenvalue weighted by Crippen LogP contribution is 2.22. The van der Waals surface area contributed by atoms with Crippen LogP contribution in [0.2, 0.25) is 0 Å². The molecule has 1 aliphatic heterocycles. The van der Waals surface area contributed by atoms with Crippen molar-refractivity contribution in [2.24, 2.45) is 0 Å². The summed E-state index contributed by atoms with van der Waals surface area (Å²) >= 11 is 2.08. The second kappa shape index (κ2) is 7.17. The number of thioether (sulfide) groups is 1. The summed E-state index contributed by atoms with van der Waals surface area (Å²) in [7, 11) is 4.26. The Morgan fingerprint density at radius 2 is 2.00 bits per heavy atom. The van der Waals surface area contributed by atoms with Gasteiger partial charge in [-0.25, -0.2) is 0 Å². The van der Waals surface area contributed by atoms with Crippen LogP contribution < -0.4 is 5.32 Å². The molecule has 1 aromatic carbocycles. The van der Waals surface area contributed by atoms with Crippen molar-refractivity contribution in [3.05, 3.63) is 35.4 Å². The van der Waals surface area contributed by atoms with Gasteiger partial charge < -0.3 is 5.32 Å². The quantitative estimate of drug-likeness (QED) is 0.849. The molecule has 1 unspecified atom stereocenters. The minimum absolute atomic E-state index is 0.777. The highest BCUT2D eigenvalue weighted by Gasteiger charge is 2.19. The lowest BCUT2D eigenvalue weighted by Crippen LogP contribution is -2.30. The van der Waals surface area contributed by atoms with E-state index in [2.05, 4.69) is 53.3 Å². The molecule has 0 aliphatic carbocycles. The first kappa shape index (κ1) is 13.9. The van der Waals surface area contributed by atoms with Gasteiger partial charge in [0, 0.05) is 18.3 Å². The number of hydrogen-bond acceptors (Lipinski definition) is 3. The molecule has 0 amide bonds. The lowest BCUT2D eigenvalue weighted by Gasteiger charge is -2.23. The molecule has 0 spiro atoms. The first-order valence-corrected chi connectivity index (χ1v) is 7.95. The Balaban J connectivity index is 1.85. The Kier molecular flexibility index (Phi) is 5.54. The molecule has 0 radical (unpaired) electrons. The summed E-state index contributed by atoms with van der Waals surface area (Å²) in [4.78, 5) is 2.50. The first-order chi connectivity index (χ1) is 8.79. The summed E-state index contributed by atoms with van der Waals surface area (Å²) in [6.45, 7) is 2.14. The second-order valence-corrected chi connectivity index (χ2v) is 6.25. The molecular weight excluding hydrogens is 240 g/mol. The molecule has 1 aromatic rings. The predicted octanol–water partition coefficient (Wildman–Crippen LogP) is 2.39. The van der Waals surface area contributed by atoms with E-state index in [9.17, 15) is 0 Å². The third-order valence-corrected chi connectivity index (χ3v) is 4.79. The number of rotatable bonds is 6. The molecule has 0 bridgehead atoms. The van der Waals surface area contributed by atoms with Gasteiger partial charge in [-0.1, -0.05) is 24.3 Å². The van der Waals surface area contributed by atoms with Crippen molar-refractivity contribution >= 4 is 11.8 Å². The van der Waals surface area contributed by atoms with Crippen molar-refractivity contribution in [3.63, 3.8) is 0 Å². The van der Waals surface area contributed by atoms with Gasteiger partial charge in [-0.05, 0) is 50.4 Å². The van der Waals surface area contributed by atoms with E-state index >= 15 is 0 Å². The second-order valence-electron chi connectivity index (χ2n) is 5.10. The molecule has 2 nitrogen and oxygen atoms in total. The van der Waals surface area contributed by atoms with Crippen LogP contribution in [-0.2, 0) is 13.0 Å². The van der Waals surface area contributed by atoms with Crippen LogP contribution in [-0.4, -0.2) is 43.1 Å². The molecule has 0 saturated carbocycles. The van der Waals surface area contributed by atoms with E-state index in [1.165, 1.54) is 29.1 Å². The molecular formula is C15H24N2S. The maximum absolute atomic E-state index is 3.19. The van der Waals surface area contributed by atoms with E-state index in [1.807, 2.05) is 7.05 Å². The van der Waals surface area contributed by atoms with E-state index in [1.54, 1.807) is 0 Å². The van der Waals surface area contributed by atoms with E-state index in [0.717, 1.165) is 25.6 Å². The summed E-state index contributed by atoms with van der Waals surface area (Å²) in [6, 6.07) is 9.88. The van der Waals surface area contributed by atoms with Crippen LogP contribution in [0.15, 0.2) is 24.3 Å². The third kappa shape index (κ3) is 4.01. The predicted molar refractivity (Wildman–Crippen MR) is 81.3 cm³/mol. The summed E-state index contributed by atoms with van der Waals surface area (Å²) in [5, 5.41) is 3.19. The number of benzene rings is 1. The van der Waals surface area contributed by atoms with Crippen molar-refractivity contribution in [2.75, 3.05) is 32.1 Å². The zero-order chi connectivity index (χ0) is 12.8. The van der Waals surface area contributed by atoms with Gasteiger partial charge in [-0.15, -0.1) is 0 Å². The van der Waals surface area contributed by atoms with Crippen LogP contribution in [0.5, 0.6) is 0 Å². The van der Waals surface area contributed by atoms with E-state index < -0.39 is 0 Å². The number of nitrogens with one attached hydrogen (secondary N) is 1. The lowest BCUT2D eigenvalue weighted by molar-refractivity contribution is 0.254. The Morgan fingerprint density at radius 1 is 1.28 bits per heavy atom. The Morgan fingerprint density at radius 3 is 2.61 bits per heavy atom. The molecule has 1 aliphatic rings. The number of hydrogen-bond donors (Lipinski definition) is 1. The van der Waals surface area contributed by atoms with E-state index in [4.69, 9.17) is 0 Å². The van der Waals surface area contributed by atoms with Crippen LogP contribution in [0, 0.1) is 0 Å². The van der Waals surface area contributed by atoms with Crippen LogP contribution in [0.4, 0.5) is 0 Å². The van der Waals surface area contributed by atoms with Crippen LogP contribution >= 0.6 is 11.8 Å². The molecule has 2 rings (SSSR count). The van der Waals surface area contributed by atoms with Crippen molar-refractivity contribution in [2.45, 2.75) is 25.4 Å². The lowest BCUT2D eigenvalue weighted by atomic mass is 10.1. The minimum Gasteiger partial charge on any atom is -0.319 e. The molecule has 1 N–H and O–H groups in total. The van der Waals surface area contributed by atoms with Crippen molar-refractivity contribution in [1.29, 1.82) is 0 Å². The Hall–Kier alpha value is -0.510. The largest absolute Gasteiger partial charge is 0.319 e. The number of nitrogens with zero attached hydrogens (tertiary/aromatic N) is 1. The Labute approximate surface area is 115 Å². The average Bonchev–Trinajstić information content (AvgIpc) is 2.92. The van der Waals surface area contributed by atoms with E-state index in [-0.39, 0.29) is 0 Å². The minimum atomic E-state index is 0.777. The molecule has 3 heteroatoms. The van der Waals surface area contributed by atoms with Crippen LogP contribution in [0.3, 0.4) is 0 Å². The van der Waals surface area contributed by atoms with Crippen molar-refractivity contribution in [3.8, 4) is 0 Å². The van der Waals surface area contributed by atoms with Gasteiger partial charge >= 0.3 is 0 Å². The standard InChI is InChI=1S/C15H24N2S/c1-16-9-7-13-3-5-14(6-4-13)11-17(2)15-8-10-18-12-15/h3-6,15-16H,7-12H2,1-2H3. The van der Waals surface area contributed by atoms with Gasteiger partial charge in [-0.3, -0.25) is 4.90 Å². The first-order valence-electron chi connectivity index (χ1n) is 6.80. The molecule has 1 saturated heterocycles.